The molecule has 30 heavy (non-hydrogen) atoms. The molecule has 1 aromatic carbocycles. The number of benzene rings is 1. The molecule has 1 saturated heterocycles. The standard InChI is InChI=1S/C22H38N4O3.HI/c1-4-23-22(24-11-8-14-29-16-15-27-2)25-18-21(26-12-5-6-13-26)19-9-7-10-20(17-19)28-3;/h7,9-10,17,21H,4-6,8,11-16,18H2,1-3H3,(H2,23,24,25);1H. The lowest BCUT2D eigenvalue weighted by molar-refractivity contribution is 0.0698. The highest BCUT2D eigenvalue weighted by atomic mass is 127. The summed E-state index contributed by atoms with van der Waals surface area (Å²) in [5.74, 6) is 1.76. The number of methoxy groups -OCH3 is 2. The maximum Gasteiger partial charge on any atom is 0.191 e. The van der Waals surface area contributed by atoms with Crippen molar-refractivity contribution in [3.8, 4) is 5.75 Å². The molecule has 0 radical (unpaired) electrons. The molecule has 0 spiro atoms. The minimum Gasteiger partial charge on any atom is -0.497 e. The van der Waals surface area contributed by atoms with E-state index in [4.69, 9.17) is 19.2 Å². The van der Waals surface area contributed by atoms with Crippen molar-refractivity contribution in [1.29, 1.82) is 0 Å². The molecule has 1 atom stereocenters. The number of nitrogens with zero attached hydrogens (tertiary/aromatic N) is 2. The van der Waals surface area contributed by atoms with Crippen LogP contribution in [-0.2, 0) is 9.47 Å². The van der Waals surface area contributed by atoms with Crippen molar-refractivity contribution in [3.05, 3.63) is 29.8 Å². The monoisotopic (exact) mass is 534 g/mol. The van der Waals surface area contributed by atoms with Crippen LogP contribution in [0.2, 0.25) is 0 Å². The van der Waals surface area contributed by atoms with E-state index >= 15 is 0 Å². The number of hydrogen-bond donors (Lipinski definition) is 2. The van der Waals surface area contributed by atoms with Gasteiger partial charge in [0.2, 0.25) is 0 Å². The third-order valence-corrected chi connectivity index (χ3v) is 5.02. The molecule has 0 bridgehead atoms. The first-order valence-electron chi connectivity index (χ1n) is 10.7. The molecular formula is C22H39IN4O3. The summed E-state index contributed by atoms with van der Waals surface area (Å²) in [5.41, 5.74) is 1.26. The van der Waals surface area contributed by atoms with Gasteiger partial charge in [0.05, 0.1) is 32.9 Å². The lowest BCUT2D eigenvalue weighted by Gasteiger charge is -2.27. The van der Waals surface area contributed by atoms with Gasteiger partial charge in [0.1, 0.15) is 5.75 Å². The first-order valence-corrected chi connectivity index (χ1v) is 10.7. The summed E-state index contributed by atoms with van der Waals surface area (Å²) in [6.45, 7) is 8.71. The van der Waals surface area contributed by atoms with Gasteiger partial charge in [-0.1, -0.05) is 12.1 Å². The fourth-order valence-corrected chi connectivity index (χ4v) is 3.48. The zero-order valence-electron chi connectivity index (χ0n) is 18.7. The van der Waals surface area contributed by atoms with Crippen LogP contribution in [0.4, 0.5) is 0 Å². The number of halogens is 1. The van der Waals surface area contributed by atoms with E-state index in [-0.39, 0.29) is 30.0 Å². The fraction of sp³-hybridized carbons (Fsp3) is 0.682. The molecule has 0 aliphatic carbocycles. The Morgan fingerprint density at radius 2 is 1.93 bits per heavy atom. The Labute approximate surface area is 199 Å². The minimum atomic E-state index is 0. The van der Waals surface area contributed by atoms with E-state index < -0.39 is 0 Å². The summed E-state index contributed by atoms with van der Waals surface area (Å²) < 4.78 is 15.9. The first-order chi connectivity index (χ1) is 14.3. The summed E-state index contributed by atoms with van der Waals surface area (Å²) >= 11 is 0. The van der Waals surface area contributed by atoms with Gasteiger partial charge in [-0.3, -0.25) is 9.89 Å². The van der Waals surface area contributed by atoms with Crippen LogP contribution in [0.1, 0.15) is 37.8 Å². The quantitative estimate of drug-likeness (QED) is 0.176. The lowest BCUT2D eigenvalue weighted by atomic mass is 10.1. The Hall–Kier alpha value is -1.10. The van der Waals surface area contributed by atoms with Gasteiger partial charge in [0.25, 0.3) is 0 Å². The van der Waals surface area contributed by atoms with Gasteiger partial charge in [-0.25, -0.2) is 0 Å². The number of ether oxygens (including phenoxy) is 3. The van der Waals surface area contributed by atoms with Gasteiger partial charge in [-0.15, -0.1) is 24.0 Å². The molecule has 0 amide bonds. The zero-order valence-corrected chi connectivity index (χ0v) is 21.0. The summed E-state index contributed by atoms with van der Waals surface area (Å²) in [5, 5.41) is 6.76. The Morgan fingerprint density at radius 1 is 1.13 bits per heavy atom. The number of rotatable bonds is 13. The van der Waals surface area contributed by atoms with Crippen LogP contribution in [0.25, 0.3) is 0 Å². The predicted molar refractivity (Wildman–Crippen MR) is 133 cm³/mol. The van der Waals surface area contributed by atoms with Crippen LogP contribution in [0.15, 0.2) is 29.3 Å². The Morgan fingerprint density at radius 3 is 2.63 bits per heavy atom. The van der Waals surface area contributed by atoms with E-state index in [1.165, 1.54) is 18.4 Å². The largest absolute Gasteiger partial charge is 0.497 e. The molecule has 0 saturated carbocycles. The third-order valence-electron chi connectivity index (χ3n) is 5.02. The number of guanidine groups is 1. The Bertz CT molecular complexity index is 598. The molecule has 1 aliphatic rings. The molecule has 2 rings (SSSR count). The number of hydrogen-bond acceptors (Lipinski definition) is 5. The second kappa shape index (κ2) is 16.6. The van der Waals surface area contributed by atoms with Gasteiger partial charge in [-0.2, -0.15) is 0 Å². The molecule has 7 nitrogen and oxygen atoms in total. The normalized spacial score (nSPS) is 15.5. The van der Waals surface area contributed by atoms with Crippen LogP contribution in [0.3, 0.4) is 0 Å². The summed E-state index contributed by atoms with van der Waals surface area (Å²) in [7, 11) is 3.40. The molecule has 1 unspecified atom stereocenters. The topological polar surface area (TPSA) is 67.4 Å². The van der Waals surface area contributed by atoms with Gasteiger partial charge >= 0.3 is 0 Å². The van der Waals surface area contributed by atoms with E-state index in [1.807, 2.05) is 6.07 Å². The van der Waals surface area contributed by atoms with E-state index in [2.05, 4.69) is 40.7 Å². The van der Waals surface area contributed by atoms with Crippen LogP contribution >= 0.6 is 24.0 Å². The zero-order chi connectivity index (χ0) is 20.7. The van der Waals surface area contributed by atoms with Crippen molar-refractivity contribution in [2.24, 2.45) is 4.99 Å². The van der Waals surface area contributed by atoms with Crippen molar-refractivity contribution in [2.75, 3.05) is 66.8 Å². The number of aliphatic imine (C=N–C) groups is 1. The highest BCUT2D eigenvalue weighted by Gasteiger charge is 2.23. The molecule has 1 aromatic rings. The number of likely N-dealkylation sites (tertiary alicyclic amines) is 1. The highest BCUT2D eigenvalue weighted by molar-refractivity contribution is 14.0. The Balaban J connectivity index is 0.00000450. The maximum absolute atomic E-state index is 5.52. The van der Waals surface area contributed by atoms with E-state index in [0.29, 0.717) is 19.8 Å². The predicted octanol–water partition coefficient (Wildman–Crippen LogP) is 3.06. The summed E-state index contributed by atoms with van der Waals surface area (Å²) in [6.07, 6.45) is 3.44. The SMILES string of the molecule is CCNC(=NCC(c1cccc(OC)c1)N1CCCC1)NCCCOCCOC.I. The average Bonchev–Trinajstić information content (AvgIpc) is 3.28. The van der Waals surface area contributed by atoms with Crippen LogP contribution in [0, 0.1) is 0 Å². The van der Waals surface area contributed by atoms with E-state index in [1.54, 1.807) is 14.2 Å². The molecular weight excluding hydrogens is 495 g/mol. The minimum absolute atomic E-state index is 0. The molecule has 1 aliphatic heterocycles. The van der Waals surface area contributed by atoms with Gasteiger partial charge in [0, 0.05) is 26.8 Å². The van der Waals surface area contributed by atoms with Crippen LogP contribution in [-0.4, -0.2) is 77.6 Å². The molecule has 172 valence electrons. The van der Waals surface area contributed by atoms with Gasteiger partial charge in [0.15, 0.2) is 5.96 Å². The van der Waals surface area contributed by atoms with Gasteiger partial charge in [-0.05, 0) is 57.0 Å². The molecule has 1 fully saturated rings. The fourth-order valence-electron chi connectivity index (χ4n) is 3.48. The molecule has 8 heteroatoms. The summed E-state index contributed by atoms with van der Waals surface area (Å²) in [6, 6.07) is 8.64. The lowest BCUT2D eigenvalue weighted by Crippen LogP contribution is -2.39. The van der Waals surface area contributed by atoms with Crippen LogP contribution in [0.5, 0.6) is 5.75 Å². The average molecular weight is 534 g/mol. The molecule has 0 aromatic heterocycles. The highest BCUT2D eigenvalue weighted by Crippen LogP contribution is 2.27. The van der Waals surface area contributed by atoms with Crippen molar-refractivity contribution in [2.45, 2.75) is 32.2 Å². The second-order valence-electron chi connectivity index (χ2n) is 7.14. The van der Waals surface area contributed by atoms with Crippen molar-refractivity contribution >= 4 is 29.9 Å². The number of nitrogens with one attached hydrogen (secondary N) is 2. The molecule has 2 N–H and O–H groups in total. The smallest absolute Gasteiger partial charge is 0.191 e. The van der Waals surface area contributed by atoms with Crippen molar-refractivity contribution in [1.82, 2.24) is 15.5 Å². The third kappa shape index (κ3) is 9.80. The van der Waals surface area contributed by atoms with Crippen LogP contribution < -0.4 is 15.4 Å². The second-order valence-corrected chi connectivity index (χ2v) is 7.14. The summed E-state index contributed by atoms with van der Waals surface area (Å²) in [4.78, 5) is 7.42. The van der Waals surface area contributed by atoms with Crippen molar-refractivity contribution < 1.29 is 14.2 Å². The van der Waals surface area contributed by atoms with E-state index in [0.717, 1.165) is 50.9 Å². The Kier molecular flexibility index (Phi) is 14.9. The van der Waals surface area contributed by atoms with Crippen molar-refractivity contribution in [3.63, 3.8) is 0 Å². The molecule has 1 heterocycles. The van der Waals surface area contributed by atoms with E-state index in [9.17, 15) is 0 Å². The van der Waals surface area contributed by atoms with Gasteiger partial charge < -0.3 is 24.8 Å². The maximum atomic E-state index is 5.52. The first kappa shape index (κ1) is 26.9.